The second kappa shape index (κ2) is 15.3. The number of carbonyl (C=O) groups is 3. The Kier molecular flexibility index (Phi) is 10.8. The van der Waals surface area contributed by atoms with Gasteiger partial charge in [0.1, 0.15) is 6.10 Å². The molecule has 1 aliphatic carbocycles. The molecule has 5 rings (SSSR count). The average molecular weight is 584 g/mol. The second-order valence-electron chi connectivity index (χ2n) is 11.2. The predicted octanol–water partition coefficient (Wildman–Crippen LogP) is 5.50. The number of nitrogens with one attached hydrogen (secondary N) is 3. The maximum absolute atomic E-state index is 13.3. The van der Waals surface area contributed by atoms with Crippen molar-refractivity contribution in [3.8, 4) is 11.1 Å². The number of likely N-dealkylation sites (tertiary alicyclic amines) is 1. The molecule has 3 aromatic carbocycles. The molecule has 1 saturated heterocycles. The van der Waals surface area contributed by atoms with Crippen molar-refractivity contribution in [1.29, 1.82) is 0 Å². The molecule has 9 nitrogen and oxygen atoms in total. The molecule has 9 heteroatoms. The van der Waals surface area contributed by atoms with Crippen LogP contribution in [0.2, 0.25) is 0 Å². The number of carbonyl (C=O) groups excluding carboxylic acids is 3. The molecular weight excluding hydrogens is 542 g/mol. The van der Waals surface area contributed by atoms with Crippen LogP contribution in [0.25, 0.3) is 11.1 Å². The van der Waals surface area contributed by atoms with Crippen LogP contribution in [0.15, 0.2) is 84.9 Å². The lowest BCUT2D eigenvalue weighted by molar-refractivity contribution is -0.118. The molecule has 4 amide bonds. The number of para-hydroxylation sites is 2. The van der Waals surface area contributed by atoms with Gasteiger partial charge in [0, 0.05) is 44.7 Å². The third-order valence-corrected chi connectivity index (χ3v) is 7.87. The predicted molar refractivity (Wildman–Crippen MR) is 169 cm³/mol. The van der Waals surface area contributed by atoms with E-state index in [0.29, 0.717) is 56.9 Å². The third kappa shape index (κ3) is 9.14. The van der Waals surface area contributed by atoms with Crippen molar-refractivity contribution in [1.82, 2.24) is 15.5 Å². The fourth-order valence-electron chi connectivity index (χ4n) is 5.29. The number of hydrogen-bond donors (Lipinski definition) is 3. The fraction of sp³-hybridized carbons (Fsp3) is 0.382. The standard InChI is InChI=1S/C34H41N5O4/c40-32(39(28-11-5-2-6-12-28)33(41)36-21-20-35-25-26-15-16-26)19-24-38-22-17-29(18-23-38)43-34(42)37-31-14-8-7-13-30(31)27-9-3-1-4-10-27/h1-14,26,29,35H,15-25H2,(H,36,41)(H,37,42). The summed E-state index contributed by atoms with van der Waals surface area (Å²) in [5.41, 5.74) is 3.22. The highest BCUT2D eigenvalue weighted by Gasteiger charge is 2.27. The quantitative estimate of drug-likeness (QED) is 0.244. The molecular formula is C34H41N5O4. The molecule has 0 aromatic heterocycles. The molecule has 1 heterocycles. The van der Waals surface area contributed by atoms with Crippen molar-refractivity contribution in [3.63, 3.8) is 0 Å². The highest BCUT2D eigenvalue weighted by molar-refractivity contribution is 6.14. The van der Waals surface area contributed by atoms with E-state index < -0.39 is 12.1 Å². The Morgan fingerprint density at radius 2 is 1.49 bits per heavy atom. The zero-order valence-electron chi connectivity index (χ0n) is 24.5. The molecule has 0 atom stereocenters. The van der Waals surface area contributed by atoms with Crippen molar-refractivity contribution < 1.29 is 19.1 Å². The zero-order chi connectivity index (χ0) is 29.9. The molecule has 2 aliphatic rings. The van der Waals surface area contributed by atoms with Crippen molar-refractivity contribution in [2.75, 3.05) is 49.5 Å². The van der Waals surface area contributed by atoms with E-state index in [1.807, 2.05) is 72.8 Å². The minimum Gasteiger partial charge on any atom is -0.446 e. The maximum atomic E-state index is 13.3. The average Bonchev–Trinajstić information content (AvgIpc) is 3.86. The van der Waals surface area contributed by atoms with Gasteiger partial charge >= 0.3 is 12.1 Å². The smallest absolute Gasteiger partial charge is 0.411 e. The number of hydrogen-bond acceptors (Lipinski definition) is 6. The first-order valence-corrected chi connectivity index (χ1v) is 15.3. The van der Waals surface area contributed by atoms with E-state index in [2.05, 4.69) is 20.9 Å². The van der Waals surface area contributed by atoms with E-state index in [4.69, 9.17) is 4.74 Å². The van der Waals surface area contributed by atoms with E-state index in [1.165, 1.54) is 17.7 Å². The molecule has 0 radical (unpaired) electrons. The van der Waals surface area contributed by atoms with Crippen LogP contribution in [-0.2, 0) is 9.53 Å². The van der Waals surface area contributed by atoms with Gasteiger partial charge < -0.3 is 20.3 Å². The maximum Gasteiger partial charge on any atom is 0.411 e. The van der Waals surface area contributed by atoms with Crippen LogP contribution >= 0.6 is 0 Å². The van der Waals surface area contributed by atoms with Crippen LogP contribution in [0.3, 0.4) is 0 Å². The normalized spacial score (nSPS) is 15.4. The Morgan fingerprint density at radius 3 is 2.21 bits per heavy atom. The summed E-state index contributed by atoms with van der Waals surface area (Å²) < 4.78 is 5.75. The fourth-order valence-corrected chi connectivity index (χ4v) is 5.29. The molecule has 3 N–H and O–H groups in total. The largest absolute Gasteiger partial charge is 0.446 e. The van der Waals surface area contributed by atoms with Crippen LogP contribution < -0.4 is 20.9 Å². The Morgan fingerprint density at radius 1 is 0.814 bits per heavy atom. The van der Waals surface area contributed by atoms with Gasteiger partial charge in [0.15, 0.2) is 0 Å². The van der Waals surface area contributed by atoms with E-state index in [0.717, 1.165) is 23.6 Å². The lowest BCUT2D eigenvalue weighted by Crippen LogP contribution is -2.47. The Hall–Kier alpha value is -4.21. The molecule has 0 unspecified atom stereocenters. The van der Waals surface area contributed by atoms with Crippen molar-refractivity contribution >= 4 is 29.4 Å². The number of rotatable bonds is 12. The Bertz CT molecular complexity index is 1340. The first kappa shape index (κ1) is 30.3. The first-order chi connectivity index (χ1) is 21.1. The number of urea groups is 1. The highest BCUT2D eigenvalue weighted by Crippen LogP contribution is 2.28. The summed E-state index contributed by atoms with van der Waals surface area (Å²) in [5.74, 6) is 0.527. The number of anilines is 2. The Balaban J connectivity index is 1.06. The number of ether oxygens (including phenoxy) is 1. The lowest BCUT2D eigenvalue weighted by atomic mass is 10.0. The van der Waals surface area contributed by atoms with E-state index >= 15 is 0 Å². The van der Waals surface area contributed by atoms with Gasteiger partial charge in [-0.25, -0.2) is 14.5 Å². The second-order valence-corrected chi connectivity index (χ2v) is 11.2. The van der Waals surface area contributed by atoms with Gasteiger partial charge in [-0.2, -0.15) is 0 Å². The summed E-state index contributed by atoms with van der Waals surface area (Å²) in [6.45, 7) is 4.05. The summed E-state index contributed by atoms with van der Waals surface area (Å²) in [4.78, 5) is 42.5. The molecule has 226 valence electrons. The topological polar surface area (TPSA) is 103 Å². The SMILES string of the molecule is O=C(Nc1ccccc1-c1ccccc1)OC1CCN(CCC(=O)N(C(=O)NCCNCC2CC2)c2ccccc2)CC1. The Labute approximate surface area is 253 Å². The van der Waals surface area contributed by atoms with Crippen LogP contribution in [-0.4, -0.2) is 68.3 Å². The monoisotopic (exact) mass is 583 g/mol. The van der Waals surface area contributed by atoms with Gasteiger partial charge in [0.05, 0.1) is 11.4 Å². The van der Waals surface area contributed by atoms with Crippen molar-refractivity contribution in [3.05, 3.63) is 84.9 Å². The lowest BCUT2D eigenvalue weighted by Gasteiger charge is -2.32. The summed E-state index contributed by atoms with van der Waals surface area (Å²) in [5, 5.41) is 9.15. The van der Waals surface area contributed by atoms with Crippen LogP contribution in [0.1, 0.15) is 32.1 Å². The molecule has 1 aliphatic heterocycles. The van der Waals surface area contributed by atoms with Gasteiger partial charge in [-0.3, -0.25) is 10.1 Å². The minimum absolute atomic E-state index is 0.198. The van der Waals surface area contributed by atoms with Crippen LogP contribution in [0, 0.1) is 5.92 Å². The van der Waals surface area contributed by atoms with Gasteiger partial charge in [0.25, 0.3) is 0 Å². The number of imide groups is 1. The summed E-state index contributed by atoms with van der Waals surface area (Å²) in [7, 11) is 0. The molecule has 43 heavy (non-hydrogen) atoms. The van der Waals surface area contributed by atoms with Crippen molar-refractivity contribution in [2.45, 2.75) is 38.2 Å². The molecule has 1 saturated carbocycles. The summed E-state index contributed by atoms with van der Waals surface area (Å²) in [6.07, 6.45) is 3.46. The zero-order valence-corrected chi connectivity index (χ0v) is 24.5. The van der Waals surface area contributed by atoms with E-state index in [1.54, 1.807) is 12.1 Å². The molecule has 2 fully saturated rings. The third-order valence-electron chi connectivity index (χ3n) is 7.87. The highest BCUT2D eigenvalue weighted by atomic mass is 16.6. The number of benzene rings is 3. The van der Waals surface area contributed by atoms with Crippen LogP contribution in [0.4, 0.5) is 21.0 Å². The molecule has 3 aromatic rings. The number of amides is 4. The minimum atomic E-state index is -0.468. The van der Waals surface area contributed by atoms with Gasteiger partial charge in [0.2, 0.25) is 5.91 Å². The number of nitrogens with zero attached hydrogens (tertiary/aromatic N) is 2. The molecule has 0 spiro atoms. The van der Waals surface area contributed by atoms with Gasteiger partial charge in [-0.05, 0) is 61.9 Å². The van der Waals surface area contributed by atoms with Gasteiger partial charge in [-0.15, -0.1) is 0 Å². The van der Waals surface area contributed by atoms with E-state index in [9.17, 15) is 14.4 Å². The number of piperidine rings is 1. The van der Waals surface area contributed by atoms with Crippen molar-refractivity contribution in [2.24, 2.45) is 5.92 Å². The van der Waals surface area contributed by atoms with E-state index in [-0.39, 0.29) is 18.4 Å². The molecule has 0 bridgehead atoms. The summed E-state index contributed by atoms with van der Waals surface area (Å²) in [6, 6.07) is 26.2. The van der Waals surface area contributed by atoms with Gasteiger partial charge in [-0.1, -0.05) is 66.7 Å². The summed E-state index contributed by atoms with van der Waals surface area (Å²) >= 11 is 0. The first-order valence-electron chi connectivity index (χ1n) is 15.3. The van der Waals surface area contributed by atoms with Crippen LogP contribution in [0.5, 0.6) is 0 Å².